The van der Waals surface area contributed by atoms with Gasteiger partial charge in [0.25, 0.3) is 0 Å². The molecule has 0 spiro atoms. The summed E-state index contributed by atoms with van der Waals surface area (Å²) in [5.41, 5.74) is 3.43. The fraction of sp³-hybridized carbons (Fsp3) is 0.571. The molecule has 1 heteroatoms. The van der Waals surface area contributed by atoms with Crippen LogP contribution in [-0.2, 0) is 5.41 Å². The molecule has 1 saturated carbocycles. The first-order valence-corrected chi connectivity index (χ1v) is 6.06. The number of hydrogen-bond acceptors (Lipinski definition) is 1. The molecule has 1 nitrogen and oxygen atoms in total. The molecule has 2 fully saturated rings. The van der Waals surface area contributed by atoms with Crippen LogP contribution in [0.3, 0.4) is 0 Å². The molecular formula is C14H19N. The highest BCUT2D eigenvalue weighted by molar-refractivity contribution is 5.32. The van der Waals surface area contributed by atoms with E-state index in [9.17, 15) is 0 Å². The van der Waals surface area contributed by atoms with Crippen molar-refractivity contribution in [2.45, 2.75) is 31.6 Å². The molecule has 0 radical (unpaired) electrons. The van der Waals surface area contributed by atoms with Crippen molar-refractivity contribution in [3.8, 4) is 0 Å². The number of nitrogens with one attached hydrogen (secondary N) is 1. The summed E-state index contributed by atoms with van der Waals surface area (Å²) < 4.78 is 0. The zero-order chi connectivity index (χ0) is 10.3. The lowest BCUT2D eigenvalue weighted by Gasteiger charge is -2.34. The minimum Gasteiger partial charge on any atom is -0.316 e. The summed E-state index contributed by atoms with van der Waals surface area (Å²) >= 11 is 0. The number of piperidine rings is 1. The van der Waals surface area contributed by atoms with Crippen LogP contribution >= 0.6 is 0 Å². The van der Waals surface area contributed by atoms with Gasteiger partial charge in [-0.2, -0.15) is 0 Å². The van der Waals surface area contributed by atoms with E-state index in [1.807, 2.05) is 0 Å². The highest BCUT2D eigenvalue weighted by atomic mass is 14.9. The maximum absolute atomic E-state index is 3.61. The van der Waals surface area contributed by atoms with Crippen LogP contribution in [0.1, 0.15) is 30.4 Å². The van der Waals surface area contributed by atoms with Crippen molar-refractivity contribution in [1.82, 2.24) is 5.32 Å². The summed E-state index contributed by atoms with van der Waals surface area (Å²) in [5, 5.41) is 3.61. The Kier molecular flexibility index (Phi) is 2.10. The number of benzene rings is 1. The first kappa shape index (κ1) is 9.41. The lowest BCUT2D eigenvalue weighted by molar-refractivity contribution is 0.327. The summed E-state index contributed by atoms with van der Waals surface area (Å²) in [7, 11) is 0. The third-order valence-corrected chi connectivity index (χ3v) is 4.24. The molecule has 2 bridgehead atoms. The van der Waals surface area contributed by atoms with Gasteiger partial charge in [0, 0.05) is 12.0 Å². The van der Waals surface area contributed by atoms with E-state index in [2.05, 4.69) is 36.5 Å². The first-order chi connectivity index (χ1) is 7.28. The Balaban J connectivity index is 1.98. The SMILES string of the molecule is Cc1cccc([C@@]23CC[C@@H](CNC2)C3)c1. The molecule has 1 aromatic rings. The fourth-order valence-electron chi connectivity index (χ4n) is 3.43. The Hall–Kier alpha value is -0.820. The van der Waals surface area contributed by atoms with E-state index in [-0.39, 0.29) is 0 Å². The Morgan fingerprint density at radius 3 is 3.20 bits per heavy atom. The molecule has 0 amide bonds. The van der Waals surface area contributed by atoms with Crippen molar-refractivity contribution in [1.29, 1.82) is 0 Å². The fourth-order valence-corrected chi connectivity index (χ4v) is 3.43. The van der Waals surface area contributed by atoms with Gasteiger partial charge in [-0.25, -0.2) is 0 Å². The van der Waals surface area contributed by atoms with Gasteiger partial charge < -0.3 is 5.32 Å². The number of rotatable bonds is 1. The van der Waals surface area contributed by atoms with E-state index in [0.717, 1.165) is 5.92 Å². The van der Waals surface area contributed by atoms with E-state index in [0.29, 0.717) is 5.41 Å². The predicted octanol–water partition coefficient (Wildman–Crippen LogP) is 2.64. The largest absolute Gasteiger partial charge is 0.316 e. The molecule has 0 aromatic heterocycles. The molecule has 1 aliphatic heterocycles. The maximum atomic E-state index is 3.61. The van der Waals surface area contributed by atoms with Gasteiger partial charge in [-0.05, 0) is 44.2 Å². The van der Waals surface area contributed by atoms with Crippen molar-refractivity contribution < 1.29 is 0 Å². The number of aryl methyl sites for hydroxylation is 1. The minimum absolute atomic E-state index is 0.467. The molecule has 1 N–H and O–H groups in total. The number of hydrogen-bond donors (Lipinski definition) is 1. The average Bonchev–Trinajstić information content (AvgIpc) is 2.56. The number of fused-ring (bicyclic) bond motifs is 2. The average molecular weight is 201 g/mol. The zero-order valence-corrected chi connectivity index (χ0v) is 9.42. The second kappa shape index (κ2) is 3.34. The summed E-state index contributed by atoms with van der Waals surface area (Å²) in [6, 6.07) is 9.11. The Morgan fingerprint density at radius 2 is 2.33 bits per heavy atom. The molecule has 3 rings (SSSR count). The molecule has 1 aliphatic carbocycles. The van der Waals surface area contributed by atoms with E-state index in [1.54, 1.807) is 5.56 Å². The smallest absolute Gasteiger partial charge is 0.00811 e. The Bertz CT molecular complexity index is 367. The maximum Gasteiger partial charge on any atom is 0.00811 e. The molecule has 2 aliphatic rings. The lowest BCUT2D eigenvalue weighted by atomic mass is 9.76. The van der Waals surface area contributed by atoms with Crippen molar-refractivity contribution in [2.75, 3.05) is 13.1 Å². The molecule has 1 saturated heterocycles. The molecule has 2 atom stereocenters. The van der Waals surface area contributed by atoms with Crippen LogP contribution in [0.5, 0.6) is 0 Å². The van der Waals surface area contributed by atoms with Crippen molar-refractivity contribution in [3.05, 3.63) is 35.4 Å². The van der Waals surface area contributed by atoms with Gasteiger partial charge >= 0.3 is 0 Å². The minimum atomic E-state index is 0.467. The van der Waals surface area contributed by atoms with Crippen molar-refractivity contribution in [3.63, 3.8) is 0 Å². The van der Waals surface area contributed by atoms with Crippen LogP contribution < -0.4 is 5.32 Å². The normalized spacial score (nSPS) is 34.3. The Labute approximate surface area is 91.9 Å². The quantitative estimate of drug-likeness (QED) is 0.736. The molecule has 0 unspecified atom stereocenters. The van der Waals surface area contributed by atoms with Crippen LogP contribution in [-0.4, -0.2) is 13.1 Å². The van der Waals surface area contributed by atoms with Gasteiger partial charge in [0.1, 0.15) is 0 Å². The summed E-state index contributed by atoms with van der Waals surface area (Å²) in [6.45, 7) is 4.63. The van der Waals surface area contributed by atoms with Crippen LogP contribution in [0.25, 0.3) is 0 Å². The van der Waals surface area contributed by atoms with E-state index < -0.39 is 0 Å². The zero-order valence-electron chi connectivity index (χ0n) is 9.42. The second-order valence-corrected chi connectivity index (χ2v) is 5.39. The highest BCUT2D eigenvalue weighted by Gasteiger charge is 2.42. The molecule has 1 heterocycles. The third kappa shape index (κ3) is 1.50. The molecule has 80 valence electrons. The van der Waals surface area contributed by atoms with Gasteiger partial charge in [-0.3, -0.25) is 0 Å². The van der Waals surface area contributed by atoms with Gasteiger partial charge in [0.15, 0.2) is 0 Å². The van der Waals surface area contributed by atoms with E-state index in [4.69, 9.17) is 0 Å². The highest BCUT2D eigenvalue weighted by Crippen LogP contribution is 2.45. The summed E-state index contributed by atoms with van der Waals surface area (Å²) in [6.07, 6.45) is 4.21. The van der Waals surface area contributed by atoms with E-state index >= 15 is 0 Å². The van der Waals surface area contributed by atoms with Gasteiger partial charge in [-0.1, -0.05) is 29.8 Å². The third-order valence-electron chi connectivity index (χ3n) is 4.24. The van der Waals surface area contributed by atoms with Crippen LogP contribution in [0.2, 0.25) is 0 Å². The summed E-state index contributed by atoms with van der Waals surface area (Å²) in [5.74, 6) is 0.930. The standard InChI is InChI=1S/C14H19N/c1-11-3-2-4-13(7-11)14-6-5-12(8-14)9-15-10-14/h2-4,7,12,15H,5-6,8-10H2,1H3/t12-,14-/m1/s1. The van der Waals surface area contributed by atoms with E-state index in [1.165, 1.54) is 37.9 Å². The van der Waals surface area contributed by atoms with Gasteiger partial charge in [0.05, 0.1) is 0 Å². The molecule has 1 aromatic carbocycles. The van der Waals surface area contributed by atoms with Gasteiger partial charge in [-0.15, -0.1) is 0 Å². The molecule has 15 heavy (non-hydrogen) atoms. The predicted molar refractivity (Wildman–Crippen MR) is 63.1 cm³/mol. The monoisotopic (exact) mass is 201 g/mol. The van der Waals surface area contributed by atoms with Crippen LogP contribution in [0.4, 0.5) is 0 Å². The first-order valence-electron chi connectivity index (χ1n) is 6.06. The van der Waals surface area contributed by atoms with Gasteiger partial charge in [0.2, 0.25) is 0 Å². The topological polar surface area (TPSA) is 12.0 Å². The Morgan fingerprint density at radius 1 is 1.40 bits per heavy atom. The van der Waals surface area contributed by atoms with Crippen LogP contribution in [0, 0.1) is 12.8 Å². The molecular weight excluding hydrogens is 182 g/mol. The lowest BCUT2D eigenvalue weighted by Crippen LogP contribution is -2.42. The second-order valence-electron chi connectivity index (χ2n) is 5.39. The van der Waals surface area contributed by atoms with Crippen LogP contribution in [0.15, 0.2) is 24.3 Å². The summed E-state index contributed by atoms with van der Waals surface area (Å²) in [4.78, 5) is 0. The van der Waals surface area contributed by atoms with Crippen molar-refractivity contribution in [2.24, 2.45) is 5.92 Å². The van der Waals surface area contributed by atoms with Crippen molar-refractivity contribution >= 4 is 0 Å².